The van der Waals surface area contributed by atoms with Crippen LogP contribution < -0.4 is 15.4 Å². The zero-order valence-electron chi connectivity index (χ0n) is 22.2. The first-order valence-corrected chi connectivity index (χ1v) is 12.3. The van der Waals surface area contributed by atoms with Gasteiger partial charge in [0.05, 0.1) is 18.9 Å². The summed E-state index contributed by atoms with van der Waals surface area (Å²) in [4.78, 5) is 20.6. The zero-order chi connectivity index (χ0) is 26.5. The minimum absolute atomic E-state index is 0.0186. The Morgan fingerprint density at radius 1 is 1.14 bits per heavy atom. The number of aliphatic hydroxyl groups excluding tert-OH is 2. The van der Waals surface area contributed by atoms with Crippen molar-refractivity contribution >= 4 is 11.6 Å². The number of benzene rings is 1. The van der Waals surface area contributed by atoms with E-state index >= 15 is 0 Å². The zero-order valence-corrected chi connectivity index (χ0v) is 22.2. The number of amides is 1. The van der Waals surface area contributed by atoms with Crippen LogP contribution >= 0.6 is 0 Å². The maximum Gasteiger partial charge on any atom is 0.223 e. The summed E-state index contributed by atoms with van der Waals surface area (Å²) in [6.07, 6.45) is 1.03. The Hall–Kier alpha value is -2.66. The minimum atomic E-state index is -1.25. The fourth-order valence-electron chi connectivity index (χ4n) is 4.39. The third-order valence-corrected chi connectivity index (χ3v) is 6.08. The van der Waals surface area contributed by atoms with E-state index in [0.29, 0.717) is 43.3 Å². The van der Waals surface area contributed by atoms with Crippen LogP contribution in [0.15, 0.2) is 35.2 Å². The molecule has 0 bridgehead atoms. The molecule has 1 aromatic heterocycles. The maximum absolute atomic E-state index is 12.5. The summed E-state index contributed by atoms with van der Waals surface area (Å²) in [5.41, 5.74) is 0.815. The van der Waals surface area contributed by atoms with Crippen molar-refractivity contribution in [1.82, 2.24) is 20.1 Å². The SMILES string of the molecule is COc1cc(NC(O)C(O)NC(C)(C)CN2CCN(C(=O)CC(C)(C)C)CC2)ccc1-c1cnco1. The maximum atomic E-state index is 12.5. The van der Waals surface area contributed by atoms with Gasteiger partial charge < -0.3 is 29.6 Å². The Morgan fingerprint density at radius 3 is 2.42 bits per heavy atom. The van der Waals surface area contributed by atoms with Crippen LogP contribution in [0.25, 0.3) is 11.3 Å². The molecule has 0 radical (unpaired) electrons. The van der Waals surface area contributed by atoms with E-state index in [2.05, 4.69) is 41.3 Å². The molecule has 1 aliphatic heterocycles. The minimum Gasteiger partial charge on any atom is -0.496 e. The van der Waals surface area contributed by atoms with Crippen LogP contribution in [0.5, 0.6) is 5.75 Å². The van der Waals surface area contributed by atoms with E-state index < -0.39 is 18.0 Å². The second-order valence-electron chi connectivity index (χ2n) is 11.2. The van der Waals surface area contributed by atoms with Gasteiger partial charge in [0.25, 0.3) is 0 Å². The number of hydrogen-bond donors (Lipinski definition) is 4. The number of methoxy groups -OCH3 is 1. The number of hydrogen-bond acceptors (Lipinski definition) is 9. The fourth-order valence-corrected chi connectivity index (χ4v) is 4.39. The number of ether oxygens (including phenoxy) is 1. The van der Waals surface area contributed by atoms with Crippen LogP contribution in [0.3, 0.4) is 0 Å². The van der Waals surface area contributed by atoms with Gasteiger partial charge in [0.2, 0.25) is 5.91 Å². The van der Waals surface area contributed by atoms with Gasteiger partial charge in [0, 0.05) is 56.4 Å². The summed E-state index contributed by atoms with van der Waals surface area (Å²) in [7, 11) is 1.55. The molecular weight excluding hydrogens is 462 g/mol. The van der Waals surface area contributed by atoms with E-state index in [9.17, 15) is 15.0 Å². The molecule has 200 valence electrons. The quantitative estimate of drug-likeness (QED) is 0.362. The number of aromatic nitrogens is 1. The second-order valence-corrected chi connectivity index (χ2v) is 11.2. The van der Waals surface area contributed by atoms with Crippen LogP contribution in [0.2, 0.25) is 0 Å². The number of anilines is 1. The van der Waals surface area contributed by atoms with Gasteiger partial charge in [-0.25, -0.2) is 4.98 Å². The van der Waals surface area contributed by atoms with Crippen molar-refractivity contribution in [2.45, 2.75) is 59.0 Å². The van der Waals surface area contributed by atoms with E-state index in [0.717, 1.165) is 18.7 Å². The number of aliphatic hydroxyl groups is 2. The normalized spacial score (nSPS) is 17.1. The molecule has 2 unspecified atom stereocenters. The fraction of sp³-hybridized carbons (Fsp3) is 0.615. The lowest BCUT2D eigenvalue weighted by Crippen LogP contribution is -2.59. The average Bonchev–Trinajstić information content (AvgIpc) is 3.32. The smallest absolute Gasteiger partial charge is 0.223 e. The number of nitrogens with one attached hydrogen (secondary N) is 2. The van der Waals surface area contributed by atoms with E-state index in [1.165, 1.54) is 6.39 Å². The van der Waals surface area contributed by atoms with Gasteiger partial charge in [-0.05, 0) is 31.4 Å². The molecule has 2 heterocycles. The molecule has 0 saturated carbocycles. The molecule has 0 spiro atoms. The second kappa shape index (κ2) is 11.6. The van der Waals surface area contributed by atoms with Gasteiger partial charge in [0.1, 0.15) is 12.0 Å². The first-order chi connectivity index (χ1) is 16.9. The lowest BCUT2D eigenvalue weighted by atomic mass is 9.91. The summed E-state index contributed by atoms with van der Waals surface area (Å²) in [5.74, 6) is 1.32. The van der Waals surface area contributed by atoms with Crippen molar-refractivity contribution in [2.75, 3.05) is 45.2 Å². The molecule has 1 aliphatic rings. The topological polar surface area (TPSA) is 123 Å². The first kappa shape index (κ1) is 27.9. The summed E-state index contributed by atoms with van der Waals surface area (Å²) >= 11 is 0. The van der Waals surface area contributed by atoms with Gasteiger partial charge >= 0.3 is 0 Å². The van der Waals surface area contributed by atoms with Gasteiger partial charge in [0.15, 0.2) is 18.4 Å². The van der Waals surface area contributed by atoms with Crippen LogP contribution in [0.1, 0.15) is 41.0 Å². The molecule has 2 aromatic rings. The molecule has 4 N–H and O–H groups in total. The Bertz CT molecular complexity index is 981. The number of nitrogens with zero attached hydrogens (tertiary/aromatic N) is 3. The van der Waals surface area contributed by atoms with Crippen LogP contribution in [-0.4, -0.2) is 88.7 Å². The Morgan fingerprint density at radius 2 is 1.83 bits per heavy atom. The molecule has 1 amide bonds. The van der Waals surface area contributed by atoms with Crippen LogP contribution in [-0.2, 0) is 4.79 Å². The summed E-state index contributed by atoms with van der Waals surface area (Å²) < 4.78 is 10.8. The number of carbonyl (C=O) groups excluding carboxylic acids is 1. The Labute approximate surface area is 213 Å². The van der Waals surface area contributed by atoms with Gasteiger partial charge in [-0.2, -0.15) is 0 Å². The number of carbonyl (C=O) groups is 1. The monoisotopic (exact) mass is 503 g/mol. The van der Waals surface area contributed by atoms with Crippen LogP contribution in [0, 0.1) is 5.41 Å². The predicted molar refractivity (Wildman–Crippen MR) is 138 cm³/mol. The molecule has 3 rings (SSSR count). The van der Waals surface area contributed by atoms with Crippen molar-refractivity contribution in [2.24, 2.45) is 5.41 Å². The van der Waals surface area contributed by atoms with Gasteiger partial charge in [-0.1, -0.05) is 20.8 Å². The molecule has 10 nitrogen and oxygen atoms in total. The molecule has 1 fully saturated rings. The highest BCUT2D eigenvalue weighted by molar-refractivity contribution is 5.77. The van der Waals surface area contributed by atoms with Crippen molar-refractivity contribution in [3.63, 3.8) is 0 Å². The molecular formula is C26H41N5O5. The molecule has 2 atom stereocenters. The Kier molecular flexibility index (Phi) is 8.99. The van der Waals surface area contributed by atoms with Crippen molar-refractivity contribution in [1.29, 1.82) is 0 Å². The Balaban J connectivity index is 1.50. The molecule has 1 saturated heterocycles. The standard InChI is InChI=1S/C26H41N5O5/c1-25(2,3)14-22(32)31-11-9-30(10-12-31)16-26(4,5)29-24(34)23(33)28-18-7-8-19(20(13-18)35-6)21-15-27-17-36-21/h7-8,13,15,17,23-24,28-29,33-34H,9-12,14,16H2,1-6H3. The van der Waals surface area contributed by atoms with Crippen molar-refractivity contribution in [3.05, 3.63) is 30.8 Å². The highest BCUT2D eigenvalue weighted by atomic mass is 16.5. The number of piperazine rings is 1. The first-order valence-electron chi connectivity index (χ1n) is 12.3. The molecule has 0 aliphatic carbocycles. The molecule has 36 heavy (non-hydrogen) atoms. The van der Waals surface area contributed by atoms with E-state index in [4.69, 9.17) is 9.15 Å². The molecule has 1 aromatic carbocycles. The average molecular weight is 504 g/mol. The third-order valence-electron chi connectivity index (χ3n) is 6.08. The third kappa shape index (κ3) is 7.92. The molecule has 10 heteroatoms. The van der Waals surface area contributed by atoms with Gasteiger partial charge in [-0.3, -0.25) is 15.0 Å². The predicted octanol–water partition coefficient (Wildman–Crippen LogP) is 2.35. The number of oxazole rings is 1. The highest BCUT2D eigenvalue weighted by Crippen LogP contribution is 2.32. The van der Waals surface area contributed by atoms with Crippen molar-refractivity contribution in [3.8, 4) is 17.1 Å². The van der Waals surface area contributed by atoms with Crippen LogP contribution in [0.4, 0.5) is 5.69 Å². The summed E-state index contributed by atoms with van der Waals surface area (Å²) in [6, 6.07) is 5.28. The van der Waals surface area contributed by atoms with E-state index in [-0.39, 0.29) is 11.3 Å². The lowest BCUT2D eigenvalue weighted by Gasteiger charge is -2.41. The van der Waals surface area contributed by atoms with Gasteiger partial charge in [-0.15, -0.1) is 0 Å². The summed E-state index contributed by atoms with van der Waals surface area (Å²) in [6.45, 7) is 13.8. The largest absolute Gasteiger partial charge is 0.496 e. The van der Waals surface area contributed by atoms with E-state index in [1.807, 2.05) is 18.7 Å². The summed E-state index contributed by atoms with van der Waals surface area (Å²) in [5, 5.41) is 27.3. The lowest BCUT2D eigenvalue weighted by molar-refractivity contribution is -0.135. The number of rotatable bonds is 10. The van der Waals surface area contributed by atoms with Crippen molar-refractivity contribution < 1.29 is 24.2 Å². The van der Waals surface area contributed by atoms with E-state index in [1.54, 1.807) is 31.5 Å². The highest BCUT2D eigenvalue weighted by Gasteiger charge is 2.30.